The van der Waals surface area contributed by atoms with E-state index >= 15 is 0 Å². The van der Waals surface area contributed by atoms with Crippen LogP contribution in [0.3, 0.4) is 0 Å². The fourth-order valence-electron chi connectivity index (χ4n) is 4.99. The summed E-state index contributed by atoms with van der Waals surface area (Å²) < 4.78 is 2.44. The van der Waals surface area contributed by atoms with Crippen LogP contribution in [-0.4, -0.2) is 9.38 Å². The predicted octanol–water partition coefficient (Wildman–Crippen LogP) is 6.78. The van der Waals surface area contributed by atoms with Crippen molar-refractivity contribution in [2.45, 2.75) is 6.92 Å². The molecule has 2 heteroatoms. The number of nitrogens with one attached hydrogen (secondary N) is 1. The minimum Gasteiger partial charge on any atom is -0.354 e. The quantitative estimate of drug-likeness (QED) is 0.313. The first-order valence-corrected chi connectivity index (χ1v) is 9.39. The van der Waals surface area contributed by atoms with Crippen molar-refractivity contribution < 1.29 is 0 Å². The molecular weight excluding hydrogens is 328 g/mol. The van der Waals surface area contributed by atoms with Gasteiger partial charge in [-0.2, -0.15) is 0 Å². The lowest BCUT2D eigenvalue weighted by atomic mass is 10.0. The molecule has 0 bridgehead atoms. The molecule has 1 N–H and O–H groups in total. The number of aromatic nitrogens is 2. The second-order valence-corrected chi connectivity index (χ2v) is 7.61. The number of hydrogen-bond donors (Lipinski definition) is 1. The average molecular weight is 344 g/mol. The molecule has 0 aliphatic heterocycles. The number of aromatic amines is 1. The monoisotopic (exact) mass is 344 g/mol. The van der Waals surface area contributed by atoms with Gasteiger partial charge in [0.15, 0.2) is 0 Å². The van der Waals surface area contributed by atoms with Crippen molar-refractivity contribution >= 4 is 59.9 Å². The summed E-state index contributed by atoms with van der Waals surface area (Å²) in [6, 6.07) is 26.6. The molecule has 3 heterocycles. The van der Waals surface area contributed by atoms with Gasteiger partial charge in [-0.1, -0.05) is 48.5 Å². The summed E-state index contributed by atoms with van der Waals surface area (Å²) in [5.74, 6) is 0. The number of hydrogen-bond acceptors (Lipinski definition) is 0. The molecule has 0 aliphatic rings. The number of fused-ring (bicyclic) bond motifs is 10. The van der Waals surface area contributed by atoms with Crippen LogP contribution in [0.2, 0.25) is 0 Å². The Morgan fingerprint density at radius 3 is 2.26 bits per heavy atom. The summed E-state index contributed by atoms with van der Waals surface area (Å²) in [5, 5.41) is 7.93. The van der Waals surface area contributed by atoms with Crippen LogP contribution in [0.25, 0.3) is 59.9 Å². The number of para-hydroxylation sites is 2. The minimum atomic E-state index is 1.22. The molecule has 0 radical (unpaired) electrons. The maximum atomic E-state index is 3.74. The molecule has 0 aliphatic carbocycles. The van der Waals surface area contributed by atoms with Crippen molar-refractivity contribution in [2.24, 2.45) is 0 Å². The number of H-pyrrole nitrogens is 1. The molecule has 7 rings (SSSR count). The third-order valence-corrected chi connectivity index (χ3v) is 6.10. The van der Waals surface area contributed by atoms with Crippen molar-refractivity contribution in [1.82, 2.24) is 9.38 Å². The number of benzene rings is 4. The van der Waals surface area contributed by atoms with E-state index in [4.69, 9.17) is 0 Å². The summed E-state index contributed by atoms with van der Waals surface area (Å²) in [7, 11) is 0. The summed E-state index contributed by atoms with van der Waals surface area (Å²) in [4.78, 5) is 3.74. The number of nitrogens with zero attached hydrogens (tertiary/aromatic N) is 1. The Balaban J connectivity index is 1.92. The van der Waals surface area contributed by atoms with Crippen LogP contribution < -0.4 is 0 Å². The highest BCUT2D eigenvalue weighted by Crippen LogP contribution is 2.44. The first-order chi connectivity index (χ1) is 13.3. The van der Waals surface area contributed by atoms with Gasteiger partial charge < -0.3 is 9.38 Å². The van der Waals surface area contributed by atoms with E-state index in [2.05, 4.69) is 89.1 Å². The van der Waals surface area contributed by atoms with Crippen LogP contribution in [0.5, 0.6) is 0 Å². The average Bonchev–Trinajstić information content (AvgIpc) is 3.32. The predicted molar refractivity (Wildman–Crippen MR) is 115 cm³/mol. The maximum absolute atomic E-state index is 3.74. The fraction of sp³-hybridized carbons (Fsp3) is 0.0400. The maximum Gasteiger partial charge on any atom is 0.0641 e. The zero-order chi connectivity index (χ0) is 17.7. The van der Waals surface area contributed by atoms with E-state index in [0.717, 1.165) is 0 Å². The molecular formula is C25H16N2. The topological polar surface area (TPSA) is 20.2 Å². The van der Waals surface area contributed by atoms with Gasteiger partial charge in [-0.3, -0.25) is 0 Å². The molecule has 0 spiro atoms. The van der Waals surface area contributed by atoms with Gasteiger partial charge in [0.25, 0.3) is 0 Å². The normalized spacial score (nSPS) is 12.6. The third-order valence-electron chi connectivity index (χ3n) is 6.10. The minimum absolute atomic E-state index is 1.22. The highest BCUT2D eigenvalue weighted by Gasteiger charge is 2.21. The molecule has 3 aromatic heterocycles. The highest BCUT2D eigenvalue weighted by atomic mass is 14.9. The Kier molecular flexibility index (Phi) is 2.23. The molecule has 126 valence electrons. The van der Waals surface area contributed by atoms with Crippen molar-refractivity contribution in [3.63, 3.8) is 0 Å². The van der Waals surface area contributed by atoms with Gasteiger partial charge in [-0.25, -0.2) is 0 Å². The van der Waals surface area contributed by atoms with E-state index in [1.54, 1.807) is 0 Å². The highest BCUT2D eigenvalue weighted by molar-refractivity contribution is 6.33. The Labute approximate surface area is 155 Å². The second kappa shape index (κ2) is 4.41. The van der Waals surface area contributed by atoms with Crippen LogP contribution in [0, 0.1) is 6.92 Å². The fourth-order valence-corrected chi connectivity index (χ4v) is 4.99. The third kappa shape index (κ3) is 1.49. The number of aryl methyl sites for hydroxylation is 1. The summed E-state index contributed by atoms with van der Waals surface area (Å²) in [6.45, 7) is 2.15. The first-order valence-electron chi connectivity index (χ1n) is 9.39. The lowest BCUT2D eigenvalue weighted by Gasteiger charge is -1.98. The van der Waals surface area contributed by atoms with Gasteiger partial charge in [0.05, 0.1) is 22.1 Å². The van der Waals surface area contributed by atoms with E-state index in [0.29, 0.717) is 0 Å². The Morgan fingerprint density at radius 2 is 1.41 bits per heavy atom. The molecule has 2 nitrogen and oxygen atoms in total. The van der Waals surface area contributed by atoms with E-state index in [1.165, 1.54) is 65.5 Å². The van der Waals surface area contributed by atoms with Gasteiger partial charge >= 0.3 is 0 Å². The molecule has 4 aromatic carbocycles. The van der Waals surface area contributed by atoms with Crippen molar-refractivity contribution in [3.05, 3.63) is 78.4 Å². The second-order valence-electron chi connectivity index (χ2n) is 7.61. The van der Waals surface area contributed by atoms with E-state index in [1.807, 2.05) is 0 Å². The van der Waals surface area contributed by atoms with Crippen LogP contribution in [0.15, 0.2) is 72.8 Å². The zero-order valence-corrected chi connectivity index (χ0v) is 14.9. The van der Waals surface area contributed by atoms with Crippen molar-refractivity contribution in [2.75, 3.05) is 0 Å². The molecule has 0 saturated heterocycles. The molecule has 0 amide bonds. The Bertz CT molecular complexity index is 1680. The van der Waals surface area contributed by atoms with Crippen LogP contribution >= 0.6 is 0 Å². The van der Waals surface area contributed by atoms with E-state index in [9.17, 15) is 0 Å². The van der Waals surface area contributed by atoms with Crippen LogP contribution in [0.4, 0.5) is 0 Å². The smallest absolute Gasteiger partial charge is 0.0641 e. The molecule has 0 saturated carbocycles. The summed E-state index contributed by atoms with van der Waals surface area (Å²) >= 11 is 0. The van der Waals surface area contributed by atoms with Crippen molar-refractivity contribution in [3.8, 4) is 0 Å². The van der Waals surface area contributed by atoms with Gasteiger partial charge in [-0.05, 0) is 36.8 Å². The molecule has 0 unspecified atom stereocenters. The standard InChI is InChI=1S/C25H16N2/c1-14-10-11-15-18-13-19-16-6-2-4-8-21(16)27-22-9-5-3-7-17(22)23(25(19)27)24(18)26-20(15)12-14/h2-13,26H,1H3. The molecule has 0 atom stereocenters. The SMILES string of the molecule is Cc1ccc2c(c1)[nH]c1c2cc2c3ccccc3n3c4ccccc4c1c23. The van der Waals surface area contributed by atoms with Crippen molar-refractivity contribution in [1.29, 1.82) is 0 Å². The van der Waals surface area contributed by atoms with Gasteiger partial charge in [-0.15, -0.1) is 0 Å². The van der Waals surface area contributed by atoms with Gasteiger partial charge in [0, 0.05) is 37.8 Å². The Morgan fingerprint density at radius 1 is 0.667 bits per heavy atom. The van der Waals surface area contributed by atoms with Crippen LogP contribution in [0.1, 0.15) is 5.56 Å². The Hall–Kier alpha value is -3.52. The molecule has 27 heavy (non-hydrogen) atoms. The lowest BCUT2D eigenvalue weighted by molar-refractivity contribution is 1.37. The summed E-state index contributed by atoms with van der Waals surface area (Å²) in [5.41, 5.74) is 7.64. The van der Waals surface area contributed by atoms with E-state index in [-0.39, 0.29) is 0 Å². The summed E-state index contributed by atoms with van der Waals surface area (Å²) in [6.07, 6.45) is 0. The first kappa shape index (κ1) is 13.7. The van der Waals surface area contributed by atoms with Gasteiger partial charge in [0.2, 0.25) is 0 Å². The number of rotatable bonds is 0. The van der Waals surface area contributed by atoms with E-state index < -0.39 is 0 Å². The van der Waals surface area contributed by atoms with Gasteiger partial charge in [0.1, 0.15) is 0 Å². The molecule has 0 fully saturated rings. The lowest BCUT2D eigenvalue weighted by Crippen LogP contribution is -1.78. The van der Waals surface area contributed by atoms with Crippen LogP contribution in [-0.2, 0) is 0 Å². The largest absolute Gasteiger partial charge is 0.354 e. The molecule has 7 aromatic rings. The zero-order valence-electron chi connectivity index (χ0n) is 14.9.